The van der Waals surface area contributed by atoms with Gasteiger partial charge in [0.15, 0.2) is 0 Å². The lowest BCUT2D eigenvalue weighted by Gasteiger charge is -2.18. The molecule has 0 bridgehead atoms. The van der Waals surface area contributed by atoms with Gasteiger partial charge in [-0.25, -0.2) is 12.7 Å². The van der Waals surface area contributed by atoms with E-state index < -0.39 is 10.0 Å². The van der Waals surface area contributed by atoms with E-state index in [9.17, 15) is 8.42 Å². The SMILES string of the molecule is CN(Cc1c2c(cc3c1OCC3)OCC2)S(C)(=O)=O. The minimum Gasteiger partial charge on any atom is -0.493 e. The van der Waals surface area contributed by atoms with Gasteiger partial charge < -0.3 is 9.47 Å². The minimum absolute atomic E-state index is 0.341. The first kappa shape index (κ1) is 12.7. The van der Waals surface area contributed by atoms with Gasteiger partial charge in [-0.1, -0.05) is 0 Å². The largest absolute Gasteiger partial charge is 0.493 e. The van der Waals surface area contributed by atoms with Crippen LogP contribution in [-0.2, 0) is 29.4 Å². The van der Waals surface area contributed by atoms with E-state index in [1.54, 1.807) is 7.05 Å². The fourth-order valence-electron chi connectivity index (χ4n) is 2.59. The van der Waals surface area contributed by atoms with Crippen molar-refractivity contribution >= 4 is 10.0 Å². The average molecular weight is 283 g/mol. The van der Waals surface area contributed by atoms with E-state index in [-0.39, 0.29) is 0 Å². The molecule has 0 N–H and O–H groups in total. The molecule has 0 aromatic heterocycles. The van der Waals surface area contributed by atoms with Gasteiger partial charge >= 0.3 is 0 Å². The van der Waals surface area contributed by atoms with Gasteiger partial charge in [-0.3, -0.25) is 0 Å². The predicted octanol–water partition coefficient (Wildman–Crippen LogP) is 0.948. The van der Waals surface area contributed by atoms with Crippen LogP contribution in [-0.4, -0.2) is 39.2 Å². The molecule has 0 saturated carbocycles. The zero-order valence-electron chi connectivity index (χ0n) is 11.1. The summed E-state index contributed by atoms with van der Waals surface area (Å²) >= 11 is 0. The Labute approximate surface area is 113 Å². The highest BCUT2D eigenvalue weighted by molar-refractivity contribution is 7.88. The van der Waals surface area contributed by atoms with Crippen LogP contribution >= 0.6 is 0 Å². The molecule has 3 rings (SSSR count). The van der Waals surface area contributed by atoms with E-state index >= 15 is 0 Å². The molecule has 5 nitrogen and oxygen atoms in total. The zero-order valence-corrected chi connectivity index (χ0v) is 11.9. The molecule has 2 aliphatic rings. The third-order valence-electron chi connectivity index (χ3n) is 3.71. The molecule has 1 aromatic carbocycles. The Morgan fingerprint density at radius 2 is 2.00 bits per heavy atom. The van der Waals surface area contributed by atoms with Crippen LogP contribution in [0, 0.1) is 0 Å². The van der Waals surface area contributed by atoms with Crippen LogP contribution in [0.15, 0.2) is 6.07 Å². The first-order valence-electron chi connectivity index (χ1n) is 6.31. The van der Waals surface area contributed by atoms with Gasteiger partial charge in [0.2, 0.25) is 10.0 Å². The summed E-state index contributed by atoms with van der Waals surface area (Å²) in [4.78, 5) is 0. The Balaban J connectivity index is 2.05. The second-order valence-electron chi connectivity index (χ2n) is 5.04. The molecule has 2 aliphatic heterocycles. The average Bonchev–Trinajstić information content (AvgIpc) is 2.94. The van der Waals surface area contributed by atoms with Gasteiger partial charge in [0, 0.05) is 43.1 Å². The van der Waals surface area contributed by atoms with Gasteiger partial charge in [0.05, 0.1) is 19.5 Å². The number of nitrogens with zero attached hydrogens (tertiary/aromatic N) is 1. The molecule has 0 atom stereocenters. The Bertz CT molecular complexity index is 592. The number of sulfonamides is 1. The summed E-state index contributed by atoms with van der Waals surface area (Å²) in [6.45, 7) is 1.66. The van der Waals surface area contributed by atoms with Gasteiger partial charge in [-0.15, -0.1) is 0 Å². The molecule has 0 amide bonds. The fourth-order valence-corrected chi connectivity index (χ4v) is 2.96. The zero-order chi connectivity index (χ0) is 13.6. The van der Waals surface area contributed by atoms with Crippen LogP contribution in [0.4, 0.5) is 0 Å². The molecule has 1 aromatic rings. The van der Waals surface area contributed by atoms with Crippen molar-refractivity contribution in [1.29, 1.82) is 0 Å². The second kappa shape index (κ2) is 4.38. The molecule has 2 heterocycles. The van der Waals surface area contributed by atoms with Gasteiger partial charge in [0.1, 0.15) is 11.5 Å². The number of hydrogen-bond donors (Lipinski definition) is 0. The van der Waals surface area contributed by atoms with E-state index in [4.69, 9.17) is 9.47 Å². The van der Waals surface area contributed by atoms with Crippen LogP contribution in [0.5, 0.6) is 11.5 Å². The maximum Gasteiger partial charge on any atom is 0.211 e. The second-order valence-corrected chi connectivity index (χ2v) is 7.13. The number of ether oxygens (including phenoxy) is 2. The first-order chi connectivity index (χ1) is 8.97. The predicted molar refractivity (Wildman–Crippen MR) is 71.2 cm³/mol. The van der Waals surface area contributed by atoms with E-state index in [0.29, 0.717) is 19.8 Å². The third-order valence-corrected chi connectivity index (χ3v) is 4.97. The molecule has 0 fully saturated rings. The van der Waals surface area contributed by atoms with Gasteiger partial charge in [-0.05, 0) is 6.07 Å². The topological polar surface area (TPSA) is 55.8 Å². The van der Waals surface area contributed by atoms with E-state index in [2.05, 4.69) is 0 Å². The smallest absolute Gasteiger partial charge is 0.211 e. The van der Waals surface area contributed by atoms with Crippen LogP contribution in [0.3, 0.4) is 0 Å². The van der Waals surface area contributed by atoms with E-state index in [1.165, 1.54) is 10.6 Å². The molecule has 104 valence electrons. The summed E-state index contributed by atoms with van der Waals surface area (Å²) in [7, 11) is -1.61. The maximum atomic E-state index is 11.6. The summed E-state index contributed by atoms with van der Waals surface area (Å²) in [5.74, 6) is 1.75. The number of fused-ring (bicyclic) bond motifs is 2. The highest BCUT2D eigenvalue weighted by Crippen LogP contribution is 2.41. The molecule has 0 spiro atoms. The van der Waals surface area contributed by atoms with Gasteiger partial charge in [-0.2, -0.15) is 0 Å². The number of benzene rings is 1. The lowest BCUT2D eigenvalue weighted by Crippen LogP contribution is -2.25. The molecular weight excluding hydrogens is 266 g/mol. The van der Waals surface area contributed by atoms with Crippen molar-refractivity contribution in [3.63, 3.8) is 0 Å². The van der Waals surface area contributed by atoms with Crippen molar-refractivity contribution in [2.75, 3.05) is 26.5 Å². The molecule has 0 unspecified atom stereocenters. The van der Waals surface area contributed by atoms with Gasteiger partial charge in [0.25, 0.3) is 0 Å². The monoisotopic (exact) mass is 283 g/mol. The molecular formula is C13H17NO4S. The Hall–Kier alpha value is -1.27. The van der Waals surface area contributed by atoms with Crippen LogP contribution in [0.25, 0.3) is 0 Å². The normalized spacial score (nSPS) is 17.0. The highest BCUT2D eigenvalue weighted by atomic mass is 32.2. The summed E-state index contributed by atoms with van der Waals surface area (Å²) in [6.07, 6.45) is 2.90. The standard InChI is InChI=1S/C13H17NO4S/c1-14(19(2,15)16)8-11-10-4-6-17-12(10)7-9-3-5-18-13(9)11/h7H,3-6,8H2,1-2H3. The molecule has 0 saturated heterocycles. The molecule has 19 heavy (non-hydrogen) atoms. The fraction of sp³-hybridized carbons (Fsp3) is 0.538. The van der Waals surface area contributed by atoms with Crippen LogP contribution < -0.4 is 9.47 Å². The van der Waals surface area contributed by atoms with Crippen molar-refractivity contribution in [3.8, 4) is 11.5 Å². The summed E-state index contributed by atoms with van der Waals surface area (Å²) < 4.78 is 35.8. The molecule has 0 radical (unpaired) electrons. The number of rotatable bonds is 3. The Morgan fingerprint density at radius 1 is 1.26 bits per heavy atom. The number of hydrogen-bond acceptors (Lipinski definition) is 4. The summed E-state index contributed by atoms with van der Waals surface area (Å²) in [5, 5.41) is 0. The minimum atomic E-state index is -3.20. The van der Waals surface area contributed by atoms with E-state index in [1.807, 2.05) is 6.07 Å². The van der Waals surface area contributed by atoms with Crippen molar-refractivity contribution in [2.24, 2.45) is 0 Å². The maximum absolute atomic E-state index is 11.6. The molecule has 6 heteroatoms. The molecule has 0 aliphatic carbocycles. The van der Waals surface area contributed by atoms with Crippen LogP contribution in [0.1, 0.15) is 16.7 Å². The van der Waals surface area contributed by atoms with Crippen molar-refractivity contribution in [3.05, 3.63) is 22.8 Å². The summed E-state index contributed by atoms with van der Waals surface area (Å²) in [6, 6.07) is 2.04. The van der Waals surface area contributed by atoms with E-state index in [0.717, 1.165) is 41.0 Å². The van der Waals surface area contributed by atoms with Crippen molar-refractivity contribution in [2.45, 2.75) is 19.4 Å². The Morgan fingerprint density at radius 3 is 2.74 bits per heavy atom. The lowest BCUT2D eigenvalue weighted by molar-refractivity contribution is 0.348. The summed E-state index contributed by atoms with van der Waals surface area (Å²) in [5.41, 5.74) is 3.18. The highest BCUT2D eigenvalue weighted by Gasteiger charge is 2.28. The Kier molecular flexibility index (Phi) is 2.94. The van der Waals surface area contributed by atoms with Crippen molar-refractivity contribution < 1.29 is 17.9 Å². The first-order valence-corrected chi connectivity index (χ1v) is 8.16. The van der Waals surface area contributed by atoms with Crippen molar-refractivity contribution in [1.82, 2.24) is 4.31 Å². The van der Waals surface area contributed by atoms with Crippen LogP contribution in [0.2, 0.25) is 0 Å². The third kappa shape index (κ3) is 2.19. The lowest BCUT2D eigenvalue weighted by atomic mass is 9.99. The quantitative estimate of drug-likeness (QED) is 0.828.